The van der Waals surface area contributed by atoms with Crippen LogP contribution < -0.4 is 9.64 Å². The number of benzene rings is 2. The zero-order valence-electron chi connectivity index (χ0n) is 12.5. The Bertz CT molecular complexity index is 867. The number of halogens is 1. The van der Waals surface area contributed by atoms with E-state index in [-0.39, 0.29) is 11.7 Å². The number of carbonyl (C=O) groups excluding carboxylic acids is 1. The van der Waals surface area contributed by atoms with Gasteiger partial charge < -0.3 is 9.84 Å². The highest BCUT2D eigenvalue weighted by Crippen LogP contribution is 2.39. The molecular weight excluding hydrogens is 366 g/mol. The highest BCUT2D eigenvalue weighted by Gasteiger charge is 2.33. The molecule has 1 aliphatic heterocycles. The van der Waals surface area contributed by atoms with Crippen molar-refractivity contribution in [2.24, 2.45) is 0 Å². The lowest BCUT2D eigenvalue weighted by atomic mass is 10.1. The molecular formula is C17H12ClNO3S2. The third kappa shape index (κ3) is 3.13. The van der Waals surface area contributed by atoms with E-state index in [4.69, 9.17) is 28.6 Å². The van der Waals surface area contributed by atoms with E-state index in [1.807, 2.05) is 0 Å². The predicted molar refractivity (Wildman–Crippen MR) is 102 cm³/mol. The van der Waals surface area contributed by atoms with Crippen LogP contribution in [-0.4, -0.2) is 22.4 Å². The van der Waals surface area contributed by atoms with Crippen LogP contribution in [0.5, 0.6) is 11.5 Å². The van der Waals surface area contributed by atoms with Crippen LogP contribution in [0.15, 0.2) is 47.4 Å². The lowest BCUT2D eigenvalue weighted by Gasteiger charge is -2.14. The third-order valence-corrected chi connectivity index (χ3v) is 4.93. The van der Waals surface area contributed by atoms with Crippen molar-refractivity contribution in [3.05, 3.63) is 58.0 Å². The molecule has 0 bridgehead atoms. The van der Waals surface area contributed by atoms with E-state index in [1.165, 1.54) is 23.8 Å². The first-order valence-corrected chi connectivity index (χ1v) is 8.51. The Labute approximate surface area is 153 Å². The number of nitrogens with zero attached hydrogens (tertiary/aromatic N) is 1. The van der Waals surface area contributed by atoms with Crippen molar-refractivity contribution >= 4 is 57.6 Å². The number of phenolic OH excluding ortho intramolecular Hbond substituents is 1. The molecule has 4 nitrogen and oxygen atoms in total. The summed E-state index contributed by atoms with van der Waals surface area (Å²) in [6.45, 7) is 0. The van der Waals surface area contributed by atoms with Crippen LogP contribution in [0.1, 0.15) is 5.56 Å². The van der Waals surface area contributed by atoms with E-state index in [0.717, 1.165) is 0 Å². The number of anilines is 1. The van der Waals surface area contributed by atoms with Crippen molar-refractivity contribution in [3.8, 4) is 11.5 Å². The highest BCUT2D eigenvalue weighted by atomic mass is 35.5. The minimum absolute atomic E-state index is 0.0203. The number of para-hydroxylation sites is 1. The molecule has 122 valence electrons. The first-order chi connectivity index (χ1) is 11.5. The van der Waals surface area contributed by atoms with Crippen LogP contribution in [-0.2, 0) is 4.79 Å². The number of rotatable bonds is 3. The van der Waals surface area contributed by atoms with Crippen molar-refractivity contribution < 1.29 is 14.6 Å². The summed E-state index contributed by atoms with van der Waals surface area (Å²) in [5.41, 5.74) is 1.10. The zero-order valence-corrected chi connectivity index (χ0v) is 14.9. The maximum absolute atomic E-state index is 12.7. The maximum Gasteiger partial charge on any atom is 0.270 e. The fraction of sp³-hybridized carbons (Fsp3) is 0.0588. The first kappa shape index (κ1) is 16.8. The second kappa shape index (κ2) is 6.84. The third-order valence-electron chi connectivity index (χ3n) is 3.40. The van der Waals surface area contributed by atoms with Gasteiger partial charge in [0.1, 0.15) is 0 Å². The molecule has 1 amide bonds. The summed E-state index contributed by atoms with van der Waals surface area (Å²) >= 11 is 12.5. The van der Waals surface area contributed by atoms with Crippen molar-refractivity contribution in [2.75, 3.05) is 12.0 Å². The lowest BCUT2D eigenvalue weighted by molar-refractivity contribution is -0.113. The molecule has 24 heavy (non-hydrogen) atoms. The summed E-state index contributed by atoms with van der Waals surface area (Å²) in [5.74, 6) is 0.0663. The number of amides is 1. The average molecular weight is 378 g/mol. The van der Waals surface area contributed by atoms with Gasteiger partial charge in [-0.3, -0.25) is 9.69 Å². The summed E-state index contributed by atoms with van der Waals surface area (Å²) in [7, 11) is 1.47. The molecule has 1 N–H and O–H groups in total. The molecule has 0 unspecified atom stereocenters. The number of aromatic hydroxyl groups is 1. The van der Waals surface area contributed by atoms with Crippen molar-refractivity contribution in [2.45, 2.75) is 0 Å². The smallest absolute Gasteiger partial charge is 0.270 e. The van der Waals surface area contributed by atoms with E-state index in [1.54, 1.807) is 48.5 Å². The molecule has 1 aliphatic rings. The Balaban J connectivity index is 1.97. The topological polar surface area (TPSA) is 49.8 Å². The molecule has 3 rings (SSSR count). The van der Waals surface area contributed by atoms with Crippen LogP contribution in [0.25, 0.3) is 6.08 Å². The Morgan fingerprint density at radius 3 is 2.75 bits per heavy atom. The minimum Gasteiger partial charge on any atom is -0.504 e. The van der Waals surface area contributed by atoms with Crippen LogP contribution >= 0.6 is 35.6 Å². The van der Waals surface area contributed by atoms with Gasteiger partial charge in [0.2, 0.25) is 0 Å². The lowest BCUT2D eigenvalue weighted by Crippen LogP contribution is -2.27. The SMILES string of the molecule is COc1cccc(/C=C2/SC(=S)N(c3cccc(Cl)c3)C2=O)c1O. The van der Waals surface area contributed by atoms with Gasteiger partial charge in [-0.05, 0) is 30.3 Å². The van der Waals surface area contributed by atoms with Crippen molar-refractivity contribution in [1.82, 2.24) is 0 Å². The number of carbonyl (C=O) groups is 1. The van der Waals surface area contributed by atoms with Gasteiger partial charge in [0.15, 0.2) is 15.8 Å². The molecule has 1 fully saturated rings. The number of methoxy groups -OCH3 is 1. The van der Waals surface area contributed by atoms with E-state index in [2.05, 4.69) is 0 Å². The number of ether oxygens (including phenoxy) is 1. The number of hydrogen-bond acceptors (Lipinski definition) is 5. The summed E-state index contributed by atoms with van der Waals surface area (Å²) in [5, 5.41) is 10.7. The number of phenols is 1. The van der Waals surface area contributed by atoms with Gasteiger partial charge in [-0.1, -0.05) is 53.8 Å². The largest absolute Gasteiger partial charge is 0.504 e. The number of thioether (sulfide) groups is 1. The van der Waals surface area contributed by atoms with Crippen LogP contribution in [0.2, 0.25) is 5.02 Å². The molecule has 0 radical (unpaired) electrons. The molecule has 0 atom stereocenters. The quantitative estimate of drug-likeness (QED) is 0.632. The Hall–Kier alpha value is -2.02. The molecule has 7 heteroatoms. The van der Waals surface area contributed by atoms with Crippen molar-refractivity contribution in [1.29, 1.82) is 0 Å². The fourth-order valence-corrected chi connectivity index (χ4v) is 3.74. The van der Waals surface area contributed by atoms with E-state index >= 15 is 0 Å². The van der Waals surface area contributed by atoms with Gasteiger partial charge >= 0.3 is 0 Å². The standard InChI is InChI=1S/C17H12ClNO3S2/c1-22-13-7-2-4-10(15(13)20)8-14-16(21)19(17(23)24-14)12-6-3-5-11(18)9-12/h2-9,20H,1H3/b14-8+. The Kier molecular flexibility index (Phi) is 4.80. The van der Waals surface area contributed by atoms with E-state index in [0.29, 0.717) is 31.2 Å². The van der Waals surface area contributed by atoms with Gasteiger partial charge in [-0.2, -0.15) is 0 Å². The molecule has 2 aromatic rings. The second-order valence-electron chi connectivity index (χ2n) is 4.90. The van der Waals surface area contributed by atoms with Crippen LogP contribution in [0.3, 0.4) is 0 Å². The minimum atomic E-state index is -0.255. The van der Waals surface area contributed by atoms with Gasteiger partial charge in [0.05, 0.1) is 17.7 Å². The van der Waals surface area contributed by atoms with Crippen molar-refractivity contribution in [3.63, 3.8) is 0 Å². The predicted octanol–water partition coefficient (Wildman–Crippen LogP) is 4.46. The summed E-state index contributed by atoms with van der Waals surface area (Å²) in [6, 6.07) is 12.0. The summed E-state index contributed by atoms with van der Waals surface area (Å²) in [6.07, 6.45) is 1.60. The van der Waals surface area contributed by atoms with Crippen LogP contribution in [0, 0.1) is 0 Å². The summed E-state index contributed by atoms with van der Waals surface area (Å²) < 4.78 is 5.49. The highest BCUT2D eigenvalue weighted by molar-refractivity contribution is 8.27. The Morgan fingerprint density at radius 2 is 2.04 bits per heavy atom. The van der Waals surface area contributed by atoms with E-state index < -0.39 is 0 Å². The monoisotopic (exact) mass is 377 g/mol. The average Bonchev–Trinajstić information content (AvgIpc) is 2.83. The molecule has 0 spiro atoms. The van der Waals surface area contributed by atoms with Gasteiger partial charge in [-0.25, -0.2) is 0 Å². The van der Waals surface area contributed by atoms with Crippen LogP contribution in [0.4, 0.5) is 5.69 Å². The molecule has 0 saturated carbocycles. The number of thiocarbonyl (C=S) groups is 1. The first-order valence-electron chi connectivity index (χ1n) is 6.91. The Morgan fingerprint density at radius 1 is 1.29 bits per heavy atom. The molecule has 0 aromatic heterocycles. The normalized spacial score (nSPS) is 16.1. The number of hydrogen-bond donors (Lipinski definition) is 1. The van der Waals surface area contributed by atoms with Gasteiger partial charge in [-0.15, -0.1) is 0 Å². The maximum atomic E-state index is 12.7. The second-order valence-corrected chi connectivity index (χ2v) is 7.01. The molecule has 1 heterocycles. The summed E-state index contributed by atoms with van der Waals surface area (Å²) in [4.78, 5) is 14.5. The van der Waals surface area contributed by atoms with Gasteiger partial charge in [0, 0.05) is 10.6 Å². The molecule has 1 saturated heterocycles. The molecule has 0 aliphatic carbocycles. The fourth-order valence-electron chi connectivity index (χ4n) is 2.27. The zero-order chi connectivity index (χ0) is 17.3. The van der Waals surface area contributed by atoms with E-state index in [9.17, 15) is 9.90 Å². The van der Waals surface area contributed by atoms with Gasteiger partial charge in [0.25, 0.3) is 5.91 Å². The molecule has 2 aromatic carbocycles.